The van der Waals surface area contributed by atoms with Crippen LogP contribution in [0.3, 0.4) is 0 Å². The van der Waals surface area contributed by atoms with E-state index in [-0.39, 0.29) is 29.9 Å². The van der Waals surface area contributed by atoms with E-state index < -0.39 is 0 Å². The number of nitrogens with zero attached hydrogens (tertiary/aromatic N) is 5. The Morgan fingerprint density at radius 2 is 1.97 bits per heavy atom. The maximum atomic E-state index is 12.7. The molecule has 0 atom stereocenters. The van der Waals surface area contributed by atoms with Crippen molar-refractivity contribution in [1.82, 2.24) is 20.0 Å². The lowest BCUT2D eigenvalue weighted by Crippen LogP contribution is -2.55. The van der Waals surface area contributed by atoms with Crippen molar-refractivity contribution in [2.45, 2.75) is 13.5 Å². The van der Waals surface area contributed by atoms with Gasteiger partial charge in [0.05, 0.1) is 18.4 Å². The van der Waals surface area contributed by atoms with E-state index >= 15 is 0 Å². The van der Waals surface area contributed by atoms with Gasteiger partial charge >= 0.3 is 0 Å². The molecule has 1 aliphatic rings. The number of nitrogens with one attached hydrogen (secondary N) is 1. The Hall–Kier alpha value is -2.62. The van der Waals surface area contributed by atoms with E-state index in [1.165, 1.54) is 10.8 Å². The van der Waals surface area contributed by atoms with Crippen LogP contribution < -0.4 is 10.2 Å². The molecule has 1 N–H and O–H groups in total. The van der Waals surface area contributed by atoms with Crippen LogP contribution in [0, 0.1) is 0 Å². The van der Waals surface area contributed by atoms with Crippen LogP contribution >= 0.6 is 24.0 Å². The van der Waals surface area contributed by atoms with Crippen molar-refractivity contribution in [3.63, 3.8) is 0 Å². The summed E-state index contributed by atoms with van der Waals surface area (Å²) in [6.45, 7) is 5.02. The third-order valence-corrected chi connectivity index (χ3v) is 5.08. The van der Waals surface area contributed by atoms with Gasteiger partial charge in [0.1, 0.15) is 6.54 Å². The van der Waals surface area contributed by atoms with Gasteiger partial charge in [-0.25, -0.2) is 4.99 Å². The Bertz CT molecular complexity index is 1050. The van der Waals surface area contributed by atoms with Gasteiger partial charge in [-0.15, -0.1) is 24.0 Å². The van der Waals surface area contributed by atoms with Gasteiger partial charge in [0.25, 0.3) is 0 Å². The van der Waals surface area contributed by atoms with Crippen molar-refractivity contribution in [2.75, 3.05) is 31.1 Å². The van der Waals surface area contributed by atoms with Gasteiger partial charge in [-0.05, 0) is 29.3 Å². The zero-order valence-electron chi connectivity index (χ0n) is 17.3. The molecule has 7 nitrogen and oxygen atoms in total. The predicted octanol–water partition coefficient (Wildman–Crippen LogP) is 3.01. The number of carbonyl (C=O) groups excluding carboxylic acids is 1. The summed E-state index contributed by atoms with van der Waals surface area (Å²) in [6.07, 6.45) is 3.60. The fraction of sp³-hybridized carbons (Fsp3) is 0.318. The van der Waals surface area contributed by atoms with Crippen LogP contribution in [-0.4, -0.2) is 52.7 Å². The number of aromatic nitrogens is 2. The van der Waals surface area contributed by atoms with Gasteiger partial charge in [0, 0.05) is 32.9 Å². The number of halogens is 1. The van der Waals surface area contributed by atoms with E-state index in [9.17, 15) is 4.79 Å². The summed E-state index contributed by atoms with van der Waals surface area (Å²) in [6, 6.07) is 14.7. The molecule has 8 heteroatoms. The Kier molecular flexibility index (Phi) is 7.30. The summed E-state index contributed by atoms with van der Waals surface area (Å²) in [5.74, 6) is 0.834. The zero-order valence-corrected chi connectivity index (χ0v) is 19.6. The highest BCUT2D eigenvalue weighted by atomic mass is 127. The summed E-state index contributed by atoms with van der Waals surface area (Å²) in [5, 5.41) is 9.93. The van der Waals surface area contributed by atoms with Gasteiger partial charge in [-0.3, -0.25) is 9.48 Å². The van der Waals surface area contributed by atoms with Gasteiger partial charge in [0.15, 0.2) is 5.96 Å². The van der Waals surface area contributed by atoms with Crippen molar-refractivity contribution in [1.29, 1.82) is 0 Å². The third-order valence-electron chi connectivity index (χ3n) is 5.08. The Morgan fingerprint density at radius 1 is 1.17 bits per heavy atom. The number of hydrogen-bond acceptors (Lipinski definition) is 3. The fourth-order valence-corrected chi connectivity index (χ4v) is 3.60. The number of amides is 1. The van der Waals surface area contributed by atoms with Gasteiger partial charge in [-0.2, -0.15) is 5.10 Å². The minimum absolute atomic E-state index is 0. The summed E-state index contributed by atoms with van der Waals surface area (Å²) >= 11 is 0. The second kappa shape index (κ2) is 9.92. The molecule has 30 heavy (non-hydrogen) atoms. The minimum Gasteiger partial charge on any atom is -0.356 e. The smallest absolute Gasteiger partial charge is 0.246 e. The number of guanidine groups is 1. The van der Waals surface area contributed by atoms with E-state index in [0.29, 0.717) is 19.6 Å². The highest BCUT2D eigenvalue weighted by molar-refractivity contribution is 14.0. The van der Waals surface area contributed by atoms with E-state index in [4.69, 9.17) is 4.99 Å². The normalized spacial score (nSPS) is 14.7. The molecule has 1 aromatic heterocycles. The molecule has 1 aliphatic heterocycles. The van der Waals surface area contributed by atoms with Gasteiger partial charge < -0.3 is 15.1 Å². The quantitative estimate of drug-likeness (QED) is 0.328. The predicted molar refractivity (Wildman–Crippen MR) is 131 cm³/mol. The lowest BCUT2D eigenvalue weighted by atomic mass is 10.1. The molecule has 4 rings (SSSR count). The number of fused-ring (bicyclic) bond motifs is 1. The molecule has 0 spiro atoms. The maximum absolute atomic E-state index is 12.7. The van der Waals surface area contributed by atoms with E-state index in [1.54, 1.807) is 15.8 Å². The number of piperazine rings is 1. The first-order valence-corrected chi connectivity index (χ1v) is 9.94. The molecular weight excluding hydrogens is 491 g/mol. The molecule has 1 saturated heterocycles. The third kappa shape index (κ3) is 4.92. The van der Waals surface area contributed by atoms with Crippen molar-refractivity contribution in [3.05, 3.63) is 60.4 Å². The first-order chi connectivity index (χ1) is 14.1. The van der Waals surface area contributed by atoms with Crippen LogP contribution in [0.15, 0.2) is 59.9 Å². The molecule has 1 amide bonds. The highest BCUT2D eigenvalue weighted by Crippen LogP contribution is 2.18. The lowest BCUT2D eigenvalue weighted by molar-refractivity contribution is -0.120. The number of hydrogen-bond donors (Lipinski definition) is 1. The van der Waals surface area contributed by atoms with Crippen LogP contribution in [0.2, 0.25) is 0 Å². The second-order valence-corrected chi connectivity index (χ2v) is 7.19. The van der Waals surface area contributed by atoms with Crippen molar-refractivity contribution >= 4 is 52.3 Å². The van der Waals surface area contributed by atoms with Gasteiger partial charge in [-0.1, -0.05) is 36.4 Å². The molecular formula is C22H27IN6O. The molecule has 0 aliphatic carbocycles. The number of aliphatic imine (C=N–C) groups is 1. The molecule has 3 aromatic rings. The molecule has 0 saturated carbocycles. The minimum atomic E-state index is 0. The average molecular weight is 518 g/mol. The van der Waals surface area contributed by atoms with Crippen LogP contribution in [0.4, 0.5) is 5.69 Å². The fourth-order valence-electron chi connectivity index (χ4n) is 3.60. The molecule has 0 radical (unpaired) electrons. The van der Waals surface area contributed by atoms with Crippen LogP contribution in [0.25, 0.3) is 10.8 Å². The molecule has 158 valence electrons. The topological polar surface area (TPSA) is 65.8 Å². The number of carbonyl (C=O) groups is 1. The first-order valence-electron chi connectivity index (χ1n) is 9.94. The largest absolute Gasteiger partial charge is 0.356 e. The molecule has 1 fully saturated rings. The molecule has 0 bridgehead atoms. The Morgan fingerprint density at radius 3 is 2.67 bits per heavy atom. The average Bonchev–Trinajstić information content (AvgIpc) is 3.17. The van der Waals surface area contributed by atoms with Crippen LogP contribution in [0.5, 0.6) is 0 Å². The standard InChI is InChI=1S/C22H26N6O.HI/c1-3-23-22(24-13-17-8-9-18-6-4-5-7-19(18)12-17)27-10-11-28(21(29)16-27)20-14-25-26(2)15-20;/h4-9,12,14-15H,3,10-11,13,16H2,1-2H3,(H,23,24);1H. The Labute approximate surface area is 193 Å². The molecule has 2 aromatic carbocycles. The van der Waals surface area contributed by atoms with Gasteiger partial charge in [0.2, 0.25) is 5.91 Å². The highest BCUT2D eigenvalue weighted by Gasteiger charge is 2.27. The summed E-state index contributed by atoms with van der Waals surface area (Å²) in [5.41, 5.74) is 2.00. The molecule has 2 heterocycles. The zero-order chi connectivity index (χ0) is 20.2. The summed E-state index contributed by atoms with van der Waals surface area (Å²) in [4.78, 5) is 21.3. The number of aryl methyl sites for hydroxylation is 1. The second-order valence-electron chi connectivity index (χ2n) is 7.19. The van der Waals surface area contributed by atoms with Crippen molar-refractivity contribution < 1.29 is 4.79 Å². The number of anilines is 1. The summed E-state index contributed by atoms with van der Waals surface area (Å²) in [7, 11) is 1.85. The Balaban J connectivity index is 0.00000256. The lowest BCUT2D eigenvalue weighted by Gasteiger charge is -2.35. The van der Waals surface area contributed by atoms with Crippen molar-refractivity contribution in [2.24, 2.45) is 12.0 Å². The van der Waals surface area contributed by atoms with Crippen molar-refractivity contribution in [3.8, 4) is 0 Å². The van der Waals surface area contributed by atoms with E-state index in [1.807, 2.05) is 37.2 Å². The summed E-state index contributed by atoms with van der Waals surface area (Å²) < 4.78 is 1.71. The van der Waals surface area contributed by atoms with Crippen LogP contribution in [-0.2, 0) is 18.4 Å². The monoisotopic (exact) mass is 518 g/mol. The molecule has 0 unspecified atom stereocenters. The van der Waals surface area contributed by atoms with E-state index in [2.05, 4.69) is 40.7 Å². The number of rotatable bonds is 4. The maximum Gasteiger partial charge on any atom is 0.246 e. The number of benzene rings is 2. The first kappa shape index (κ1) is 22.1. The van der Waals surface area contributed by atoms with Crippen LogP contribution in [0.1, 0.15) is 12.5 Å². The van der Waals surface area contributed by atoms with E-state index in [0.717, 1.165) is 30.3 Å². The SMILES string of the molecule is CCNC(=NCc1ccc2ccccc2c1)N1CCN(c2cnn(C)c2)C(=O)C1.I.